The average molecular weight is 441 g/mol. The number of aryl methyl sites for hydroxylation is 1. The van der Waals surface area contributed by atoms with E-state index in [9.17, 15) is 17.6 Å². The lowest BCUT2D eigenvalue weighted by molar-refractivity contribution is -0.121. The van der Waals surface area contributed by atoms with Crippen LogP contribution in [0.1, 0.15) is 36.1 Å². The molecular weight excluding hydrogens is 415 g/mol. The van der Waals surface area contributed by atoms with Crippen LogP contribution >= 0.6 is 0 Å². The third-order valence-electron chi connectivity index (χ3n) is 4.93. The number of carbonyl (C=O) groups is 1. The Morgan fingerprint density at radius 3 is 2.19 bits per heavy atom. The number of hydrogen-bond donors (Lipinski definition) is 2. The summed E-state index contributed by atoms with van der Waals surface area (Å²) >= 11 is 0. The van der Waals surface area contributed by atoms with E-state index in [1.165, 1.54) is 12.1 Å². The molecule has 0 fully saturated rings. The quantitative estimate of drug-likeness (QED) is 0.526. The van der Waals surface area contributed by atoms with Crippen LogP contribution < -0.4 is 10.0 Å². The third kappa shape index (κ3) is 6.73. The molecular formula is C24H25FN2O3S. The minimum atomic E-state index is -3.61. The molecule has 7 heteroatoms. The van der Waals surface area contributed by atoms with Crippen LogP contribution in [-0.2, 0) is 27.8 Å². The number of halogens is 1. The molecule has 0 aromatic heterocycles. The highest BCUT2D eigenvalue weighted by molar-refractivity contribution is 7.89. The maximum atomic E-state index is 13.0. The van der Waals surface area contributed by atoms with Gasteiger partial charge in [0, 0.05) is 13.0 Å². The maximum absolute atomic E-state index is 13.0. The molecule has 0 saturated carbocycles. The fourth-order valence-electron chi connectivity index (χ4n) is 3.10. The second kappa shape index (κ2) is 10.3. The van der Waals surface area contributed by atoms with Gasteiger partial charge in [-0.05, 0) is 54.3 Å². The van der Waals surface area contributed by atoms with Crippen molar-refractivity contribution in [2.24, 2.45) is 0 Å². The summed E-state index contributed by atoms with van der Waals surface area (Å²) in [6.07, 6.45) is 0.754. The van der Waals surface area contributed by atoms with Crippen LogP contribution in [0, 0.1) is 5.82 Å². The Labute approximate surface area is 182 Å². The van der Waals surface area contributed by atoms with Gasteiger partial charge in [0.25, 0.3) is 0 Å². The second-order valence-electron chi connectivity index (χ2n) is 7.29. The summed E-state index contributed by atoms with van der Waals surface area (Å²) in [5.41, 5.74) is 2.57. The lowest BCUT2D eigenvalue weighted by atomic mass is 10.1. The molecule has 0 radical (unpaired) electrons. The van der Waals surface area contributed by atoms with E-state index in [4.69, 9.17) is 0 Å². The van der Waals surface area contributed by atoms with Gasteiger partial charge in [0.1, 0.15) is 5.82 Å². The second-order valence-corrected chi connectivity index (χ2v) is 9.06. The minimum absolute atomic E-state index is 0.127. The summed E-state index contributed by atoms with van der Waals surface area (Å²) < 4.78 is 40.5. The standard InChI is InChI=1S/C24H25FN2O3S/c1-18(21-10-12-22(25)13-11-21)27-24(28)16-9-19-7-14-23(15-8-19)31(29,30)26-17-20-5-3-2-4-6-20/h2-8,10-15,18,26H,9,16-17H2,1H3,(H,27,28)/t18-/m0/s1. The predicted molar refractivity (Wildman–Crippen MR) is 118 cm³/mol. The SMILES string of the molecule is C[C@H](NC(=O)CCc1ccc(S(=O)(=O)NCc2ccccc2)cc1)c1ccc(F)cc1. The highest BCUT2D eigenvalue weighted by Gasteiger charge is 2.14. The van der Waals surface area contributed by atoms with Crippen molar-refractivity contribution in [3.8, 4) is 0 Å². The summed E-state index contributed by atoms with van der Waals surface area (Å²) in [6.45, 7) is 2.06. The van der Waals surface area contributed by atoms with Gasteiger partial charge in [-0.25, -0.2) is 17.5 Å². The van der Waals surface area contributed by atoms with Crippen molar-refractivity contribution in [1.29, 1.82) is 0 Å². The van der Waals surface area contributed by atoms with E-state index in [0.29, 0.717) is 6.42 Å². The van der Waals surface area contributed by atoms with Gasteiger partial charge in [-0.3, -0.25) is 4.79 Å². The van der Waals surface area contributed by atoms with E-state index in [-0.39, 0.29) is 35.6 Å². The molecule has 162 valence electrons. The van der Waals surface area contributed by atoms with Crippen molar-refractivity contribution in [3.05, 3.63) is 101 Å². The van der Waals surface area contributed by atoms with Gasteiger partial charge in [-0.1, -0.05) is 54.6 Å². The molecule has 0 bridgehead atoms. The van der Waals surface area contributed by atoms with Gasteiger partial charge in [0.05, 0.1) is 10.9 Å². The Balaban J connectivity index is 1.50. The van der Waals surface area contributed by atoms with Gasteiger partial charge < -0.3 is 5.32 Å². The van der Waals surface area contributed by atoms with Crippen LogP contribution in [0.5, 0.6) is 0 Å². The van der Waals surface area contributed by atoms with Crippen LogP contribution in [0.2, 0.25) is 0 Å². The van der Waals surface area contributed by atoms with Gasteiger partial charge >= 0.3 is 0 Å². The molecule has 0 unspecified atom stereocenters. The van der Waals surface area contributed by atoms with Gasteiger partial charge in [0.15, 0.2) is 0 Å². The Hall–Kier alpha value is -3.03. The molecule has 1 amide bonds. The molecule has 31 heavy (non-hydrogen) atoms. The highest BCUT2D eigenvalue weighted by Crippen LogP contribution is 2.15. The Morgan fingerprint density at radius 2 is 1.55 bits per heavy atom. The topological polar surface area (TPSA) is 75.3 Å². The molecule has 3 aromatic carbocycles. The molecule has 0 saturated heterocycles. The van der Waals surface area contributed by atoms with E-state index >= 15 is 0 Å². The van der Waals surface area contributed by atoms with E-state index in [0.717, 1.165) is 16.7 Å². The molecule has 0 aliphatic rings. The summed E-state index contributed by atoms with van der Waals surface area (Å²) in [4.78, 5) is 12.4. The molecule has 1 atom stereocenters. The molecule has 3 rings (SSSR count). The molecule has 2 N–H and O–H groups in total. The van der Waals surface area contributed by atoms with Crippen LogP contribution in [0.4, 0.5) is 4.39 Å². The highest BCUT2D eigenvalue weighted by atomic mass is 32.2. The van der Waals surface area contributed by atoms with E-state index in [2.05, 4.69) is 10.0 Å². The summed E-state index contributed by atoms with van der Waals surface area (Å²) in [7, 11) is -3.61. The van der Waals surface area contributed by atoms with Crippen LogP contribution in [-0.4, -0.2) is 14.3 Å². The molecule has 0 heterocycles. The van der Waals surface area contributed by atoms with E-state index < -0.39 is 10.0 Å². The minimum Gasteiger partial charge on any atom is -0.350 e. The van der Waals surface area contributed by atoms with Crippen molar-refractivity contribution >= 4 is 15.9 Å². The number of sulfonamides is 1. The summed E-state index contributed by atoms with van der Waals surface area (Å²) in [5.74, 6) is -0.443. The van der Waals surface area contributed by atoms with Crippen LogP contribution in [0.3, 0.4) is 0 Å². The number of amides is 1. The maximum Gasteiger partial charge on any atom is 0.240 e. The summed E-state index contributed by atoms with van der Waals surface area (Å²) in [6, 6.07) is 21.6. The number of carbonyl (C=O) groups excluding carboxylic acids is 1. The van der Waals surface area contributed by atoms with Crippen molar-refractivity contribution in [2.45, 2.75) is 37.2 Å². The van der Waals surface area contributed by atoms with Crippen LogP contribution in [0.25, 0.3) is 0 Å². The molecule has 0 aliphatic carbocycles. The van der Waals surface area contributed by atoms with Crippen molar-refractivity contribution in [2.75, 3.05) is 0 Å². The van der Waals surface area contributed by atoms with Crippen molar-refractivity contribution < 1.29 is 17.6 Å². The zero-order chi connectivity index (χ0) is 22.3. The first-order valence-corrected chi connectivity index (χ1v) is 11.5. The molecule has 0 spiro atoms. The molecule has 5 nitrogen and oxygen atoms in total. The number of hydrogen-bond acceptors (Lipinski definition) is 3. The van der Waals surface area contributed by atoms with Crippen molar-refractivity contribution in [1.82, 2.24) is 10.0 Å². The number of rotatable bonds is 9. The van der Waals surface area contributed by atoms with Gasteiger partial charge in [-0.15, -0.1) is 0 Å². The number of benzene rings is 3. The predicted octanol–water partition coefficient (Wildman–Crippen LogP) is 4.11. The van der Waals surface area contributed by atoms with Gasteiger partial charge in [-0.2, -0.15) is 0 Å². The third-order valence-corrected chi connectivity index (χ3v) is 6.35. The number of nitrogens with one attached hydrogen (secondary N) is 2. The normalized spacial score (nSPS) is 12.3. The molecule has 0 aliphatic heterocycles. The Morgan fingerprint density at radius 1 is 0.903 bits per heavy atom. The smallest absolute Gasteiger partial charge is 0.240 e. The first-order valence-electron chi connectivity index (χ1n) is 10.0. The first kappa shape index (κ1) is 22.7. The fourth-order valence-corrected chi connectivity index (χ4v) is 4.12. The average Bonchev–Trinajstić information content (AvgIpc) is 2.78. The van der Waals surface area contributed by atoms with E-state index in [1.54, 1.807) is 36.4 Å². The zero-order valence-electron chi connectivity index (χ0n) is 17.2. The largest absolute Gasteiger partial charge is 0.350 e. The van der Waals surface area contributed by atoms with Gasteiger partial charge in [0.2, 0.25) is 15.9 Å². The Bertz CT molecular complexity index is 1100. The summed E-state index contributed by atoms with van der Waals surface area (Å²) in [5, 5.41) is 2.89. The van der Waals surface area contributed by atoms with Crippen LogP contribution in [0.15, 0.2) is 83.8 Å². The fraction of sp³-hybridized carbons (Fsp3) is 0.208. The van der Waals surface area contributed by atoms with Crippen molar-refractivity contribution in [3.63, 3.8) is 0 Å². The first-order chi connectivity index (χ1) is 14.8. The Kier molecular flexibility index (Phi) is 7.55. The molecule has 3 aromatic rings. The lowest BCUT2D eigenvalue weighted by Gasteiger charge is -2.14. The lowest BCUT2D eigenvalue weighted by Crippen LogP contribution is -2.26. The zero-order valence-corrected chi connectivity index (χ0v) is 18.0. The monoisotopic (exact) mass is 440 g/mol. The van der Waals surface area contributed by atoms with E-state index in [1.807, 2.05) is 37.3 Å².